The number of tetrazole rings is 1. The number of carboxylic acids is 2. The molecular formula is C19H17BrN6O7S2. The number of carboxylic acid groups (broad SMARTS) is 2. The topological polar surface area (TPSA) is 199 Å². The van der Waals surface area contributed by atoms with Crippen molar-refractivity contribution in [3.63, 3.8) is 0 Å². The van der Waals surface area contributed by atoms with Gasteiger partial charge in [0.05, 0.1) is 6.42 Å². The SMILES string of the molecule is O=C(O)CC(Sc1nn[nH]n1)C1=C(C(=O)O)N2C(=O)C(NC(=O)C(O)c3cccc(Br)c3)[C@@H]2SC1. The third kappa shape index (κ3) is 5.19. The summed E-state index contributed by atoms with van der Waals surface area (Å²) in [7, 11) is 0. The second kappa shape index (κ2) is 10.3. The number of aromatic amines is 1. The monoisotopic (exact) mass is 584 g/mol. The zero-order valence-corrected chi connectivity index (χ0v) is 20.7. The van der Waals surface area contributed by atoms with E-state index >= 15 is 0 Å². The predicted molar refractivity (Wildman–Crippen MR) is 125 cm³/mol. The molecule has 184 valence electrons. The lowest BCUT2D eigenvalue weighted by Gasteiger charge is -2.50. The molecule has 3 unspecified atom stereocenters. The van der Waals surface area contributed by atoms with Crippen LogP contribution in [0.4, 0.5) is 0 Å². The number of hydrogen-bond donors (Lipinski definition) is 5. The summed E-state index contributed by atoms with van der Waals surface area (Å²) in [5, 5.41) is 43.8. The number of thioether (sulfide) groups is 2. The molecule has 0 bridgehead atoms. The van der Waals surface area contributed by atoms with Crippen LogP contribution in [0.1, 0.15) is 18.1 Å². The number of carbonyl (C=O) groups excluding carboxylic acids is 2. The number of amides is 2. The van der Waals surface area contributed by atoms with Gasteiger partial charge >= 0.3 is 11.9 Å². The average Bonchev–Trinajstić information content (AvgIpc) is 3.33. The van der Waals surface area contributed by atoms with Crippen LogP contribution in [-0.4, -0.2) is 87.0 Å². The van der Waals surface area contributed by atoms with Crippen LogP contribution in [0, 0.1) is 0 Å². The minimum absolute atomic E-state index is 0.0967. The Balaban J connectivity index is 1.55. The number of benzene rings is 1. The van der Waals surface area contributed by atoms with Crippen LogP contribution in [0.3, 0.4) is 0 Å². The maximum absolute atomic E-state index is 12.9. The number of aliphatic hydroxyl groups excluding tert-OH is 1. The van der Waals surface area contributed by atoms with Crippen molar-refractivity contribution in [2.45, 2.75) is 34.3 Å². The van der Waals surface area contributed by atoms with Crippen molar-refractivity contribution < 1.29 is 34.5 Å². The number of nitrogens with one attached hydrogen (secondary N) is 2. The van der Waals surface area contributed by atoms with Crippen molar-refractivity contribution >= 4 is 63.2 Å². The third-order valence-electron chi connectivity index (χ3n) is 5.23. The van der Waals surface area contributed by atoms with Crippen LogP contribution < -0.4 is 5.32 Å². The molecule has 2 aromatic rings. The van der Waals surface area contributed by atoms with Crippen LogP contribution in [0.2, 0.25) is 0 Å². The largest absolute Gasteiger partial charge is 0.481 e. The Bertz CT molecular complexity index is 1210. The first kappa shape index (κ1) is 25.2. The van der Waals surface area contributed by atoms with Crippen LogP contribution in [-0.2, 0) is 19.2 Å². The summed E-state index contributed by atoms with van der Waals surface area (Å²) >= 11 is 5.36. The van der Waals surface area contributed by atoms with Gasteiger partial charge in [-0.25, -0.2) is 4.79 Å². The quantitative estimate of drug-likeness (QED) is 0.200. The Morgan fingerprint density at radius 3 is 2.74 bits per heavy atom. The molecule has 1 fully saturated rings. The van der Waals surface area contributed by atoms with Gasteiger partial charge in [0.1, 0.15) is 17.1 Å². The summed E-state index contributed by atoms with van der Waals surface area (Å²) in [6.07, 6.45) is -1.96. The molecule has 3 heterocycles. The number of halogens is 1. The molecule has 1 saturated heterocycles. The molecule has 0 aliphatic carbocycles. The molecule has 4 atom stereocenters. The predicted octanol–water partition coefficient (Wildman–Crippen LogP) is 0.370. The fourth-order valence-corrected chi connectivity index (χ4v) is 6.62. The van der Waals surface area contributed by atoms with E-state index in [1.54, 1.807) is 24.3 Å². The normalized spacial score (nSPS) is 21.1. The average molecular weight is 585 g/mol. The summed E-state index contributed by atoms with van der Waals surface area (Å²) in [5.41, 5.74) is 0.211. The smallest absolute Gasteiger partial charge is 0.352 e. The summed E-state index contributed by atoms with van der Waals surface area (Å²) in [6, 6.07) is 5.45. The van der Waals surface area contributed by atoms with Gasteiger partial charge in [0, 0.05) is 15.5 Å². The lowest BCUT2D eigenvalue weighted by molar-refractivity contribution is -0.151. The van der Waals surface area contributed by atoms with Gasteiger partial charge in [0.2, 0.25) is 5.16 Å². The lowest BCUT2D eigenvalue weighted by atomic mass is 9.99. The van der Waals surface area contributed by atoms with Crippen LogP contribution >= 0.6 is 39.5 Å². The van der Waals surface area contributed by atoms with Crippen molar-refractivity contribution in [3.05, 3.63) is 45.6 Å². The highest BCUT2D eigenvalue weighted by Gasteiger charge is 2.55. The van der Waals surface area contributed by atoms with E-state index in [2.05, 4.69) is 41.9 Å². The maximum atomic E-state index is 12.9. The highest BCUT2D eigenvalue weighted by molar-refractivity contribution is 9.10. The van der Waals surface area contributed by atoms with Gasteiger partial charge in [-0.15, -0.1) is 22.0 Å². The third-order valence-corrected chi connectivity index (χ3v) is 8.15. The van der Waals surface area contributed by atoms with E-state index in [-0.39, 0.29) is 22.2 Å². The van der Waals surface area contributed by atoms with Gasteiger partial charge in [-0.2, -0.15) is 5.21 Å². The molecule has 0 radical (unpaired) electrons. The minimum atomic E-state index is -1.53. The van der Waals surface area contributed by atoms with Crippen molar-refractivity contribution in [2.24, 2.45) is 0 Å². The van der Waals surface area contributed by atoms with Gasteiger partial charge in [-0.05, 0) is 28.5 Å². The van der Waals surface area contributed by atoms with Gasteiger partial charge in [0.25, 0.3) is 11.8 Å². The Labute approximate surface area is 213 Å². The van der Waals surface area contributed by atoms with E-state index in [1.165, 1.54) is 11.8 Å². The van der Waals surface area contributed by atoms with Crippen molar-refractivity contribution in [3.8, 4) is 0 Å². The first-order valence-electron chi connectivity index (χ1n) is 9.94. The molecule has 1 aromatic heterocycles. The van der Waals surface area contributed by atoms with Crippen LogP contribution in [0.5, 0.6) is 0 Å². The molecule has 0 saturated carbocycles. The molecule has 35 heavy (non-hydrogen) atoms. The van der Waals surface area contributed by atoms with Crippen LogP contribution in [0.15, 0.2) is 45.2 Å². The molecule has 1 aromatic carbocycles. The van der Waals surface area contributed by atoms with Crippen molar-refractivity contribution in [1.82, 2.24) is 30.8 Å². The molecule has 2 aliphatic rings. The first-order chi connectivity index (χ1) is 16.7. The number of hydrogen-bond acceptors (Lipinski definition) is 10. The Morgan fingerprint density at radius 2 is 2.11 bits per heavy atom. The molecule has 13 nitrogen and oxygen atoms in total. The van der Waals surface area contributed by atoms with E-state index in [0.717, 1.165) is 16.7 Å². The number of fused-ring (bicyclic) bond motifs is 1. The number of rotatable bonds is 9. The molecular weight excluding hydrogens is 568 g/mol. The zero-order valence-electron chi connectivity index (χ0n) is 17.5. The number of β-lactam (4-membered cyclic amide) rings is 1. The highest BCUT2D eigenvalue weighted by Crippen LogP contribution is 2.44. The van der Waals surface area contributed by atoms with Crippen LogP contribution in [0.25, 0.3) is 0 Å². The minimum Gasteiger partial charge on any atom is -0.481 e. The Kier molecular flexibility index (Phi) is 7.44. The van der Waals surface area contributed by atoms with Crippen molar-refractivity contribution in [2.75, 3.05) is 5.75 Å². The van der Waals surface area contributed by atoms with E-state index in [4.69, 9.17) is 0 Å². The molecule has 2 aliphatic heterocycles. The fraction of sp³-hybridized carbons (Fsp3) is 0.316. The first-order valence-corrected chi connectivity index (χ1v) is 12.7. The van der Waals surface area contributed by atoms with Gasteiger partial charge in [0.15, 0.2) is 6.10 Å². The summed E-state index contributed by atoms with van der Waals surface area (Å²) in [4.78, 5) is 50.1. The number of H-pyrrole nitrogens is 1. The summed E-state index contributed by atoms with van der Waals surface area (Å²) < 4.78 is 0.661. The van der Waals surface area contributed by atoms with E-state index < -0.39 is 52.9 Å². The second-order valence-corrected chi connectivity index (χ2v) is 10.6. The molecule has 4 rings (SSSR count). The molecule has 5 N–H and O–H groups in total. The van der Waals surface area contributed by atoms with Gasteiger partial charge < -0.3 is 20.6 Å². The van der Waals surface area contributed by atoms with Gasteiger partial charge in [-0.1, -0.05) is 39.8 Å². The fourth-order valence-electron chi connectivity index (χ4n) is 3.67. The highest BCUT2D eigenvalue weighted by atomic mass is 79.9. The standard InChI is InChI=1S/C19H17BrN6O7S2/c20-8-3-1-2-7(4-8)14(29)15(30)21-12-16(31)26-13(18(32)33)9(6-34-17(12)26)10(5-11(27)28)35-19-22-24-25-23-19/h1-4,10,12,14,17,29H,5-6H2,(H,21,30)(H,27,28)(H,32,33)(H,22,23,24,25)/t10?,12?,14?,17-/m0/s1. The second-order valence-electron chi connectivity index (χ2n) is 7.43. The number of nitrogens with zero attached hydrogens (tertiary/aromatic N) is 4. The Hall–Kier alpha value is -2.95. The van der Waals surface area contributed by atoms with E-state index in [9.17, 15) is 34.5 Å². The molecule has 2 amide bonds. The lowest BCUT2D eigenvalue weighted by Crippen LogP contribution is -2.71. The zero-order chi connectivity index (χ0) is 25.3. The number of aliphatic carboxylic acids is 2. The van der Waals surface area contributed by atoms with E-state index in [1.807, 2.05) is 0 Å². The number of aliphatic hydroxyl groups is 1. The number of carbonyl (C=O) groups is 4. The summed E-state index contributed by atoms with van der Waals surface area (Å²) in [6.45, 7) is 0. The molecule has 16 heteroatoms. The van der Waals surface area contributed by atoms with Gasteiger partial charge in [-0.3, -0.25) is 19.3 Å². The molecule has 0 spiro atoms. The van der Waals surface area contributed by atoms with Crippen molar-refractivity contribution in [1.29, 1.82) is 0 Å². The Morgan fingerprint density at radius 1 is 1.34 bits per heavy atom. The maximum Gasteiger partial charge on any atom is 0.352 e. The summed E-state index contributed by atoms with van der Waals surface area (Å²) in [5.74, 6) is -3.95. The number of aromatic nitrogens is 4. The van der Waals surface area contributed by atoms with E-state index in [0.29, 0.717) is 10.0 Å².